The zero-order valence-electron chi connectivity index (χ0n) is 20.4. The van der Waals surface area contributed by atoms with E-state index in [1.165, 1.54) is 6.20 Å². The number of hydrogen-bond donors (Lipinski definition) is 2. The fourth-order valence-electron chi connectivity index (χ4n) is 4.34. The SMILES string of the molecule is COCc1nc(-c2ccc3ncc(C(=O)Nc4cc(-c5noc(C6CC(F)(F)C6)n5)ccc4C)n3c2)n[nH]1. The average Bonchev–Trinajstić information content (AvgIpc) is 3.63. The lowest BCUT2D eigenvalue weighted by Gasteiger charge is -2.31. The first-order chi connectivity index (χ1) is 18.3. The van der Waals surface area contributed by atoms with E-state index >= 15 is 0 Å². The number of aromatic nitrogens is 7. The molecule has 13 heteroatoms. The van der Waals surface area contributed by atoms with E-state index in [9.17, 15) is 13.6 Å². The molecule has 0 spiro atoms. The first-order valence-corrected chi connectivity index (χ1v) is 11.8. The van der Waals surface area contributed by atoms with Crippen molar-refractivity contribution in [3.05, 3.63) is 65.7 Å². The molecule has 1 saturated carbocycles. The van der Waals surface area contributed by atoms with Crippen LogP contribution in [-0.2, 0) is 11.3 Å². The molecule has 0 unspecified atom stereocenters. The normalized spacial score (nSPS) is 15.1. The van der Waals surface area contributed by atoms with Gasteiger partial charge in [0.2, 0.25) is 17.6 Å². The van der Waals surface area contributed by atoms with E-state index in [0.29, 0.717) is 46.4 Å². The number of fused-ring (bicyclic) bond motifs is 1. The molecule has 1 amide bonds. The minimum atomic E-state index is -2.68. The van der Waals surface area contributed by atoms with Crippen LogP contribution in [0.5, 0.6) is 0 Å². The highest BCUT2D eigenvalue weighted by Gasteiger charge is 2.48. The van der Waals surface area contributed by atoms with E-state index in [1.807, 2.05) is 19.1 Å². The molecule has 4 aromatic heterocycles. The monoisotopic (exact) mass is 520 g/mol. The molecule has 1 aliphatic rings. The largest absolute Gasteiger partial charge is 0.377 e. The van der Waals surface area contributed by atoms with Gasteiger partial charge in [0.1, 0.15) is 17.9 Å². The summed E-state index contributed by atoms with van der Waals surface area (Å²) < 4.78 is 38.4. The highest BCUT2D eigenvalue weighted by molar-refractivity contribution is 6.04. The first-order valence-electron chi connectivity index (χ1n) is 11.8. The van der Waals surface area contributed by atoms with Crippen LogP contribution < -0.4 is 5.32 Å². The van der Waals surface area contributed by atoms with Crippen LogP contribution >= 0.6 is 0 Å². The smallest absolute Gasteiger partial charge is 0.274 e. The van der Waals surface area contributed by atoms with Gasteiger partial charge in [-0.3, -0.25) is 14.3 Å². The van der Waals surface area contributed by atoms with Crippen molar-refractivity contribution in [1.82, 2.24) is 34.7 Å². The molecule has 194 valence electrons. The summed E-state index contributed by atoms with van der Waals surface area (Å²) in [5, 5.41) is 13.9. The van der Waals surface area contributed by atoms with Gasteiger partial charge in [0.25, 0.3) is 5.91 Å². The predicted molar refractivity (Wildman–Crippen MR) is 131 cm³/mol. The third kappa shape index (κ3) is 4.41. The maximum Gasteiger partial charge on any atom is 0.274 e. The number of nitrogens with one attached hydrogen (secondary N) is 2. The van der Waals surface area contributed by atoms with Crippen LogP contribution in [-0.4, -0.2) is 53.6 Å². The lowest BCUT2D eigenvalue weighted by molar-refractivity contribution is -0.0925. The number of methoxy groups -OCH3 is 1. The highest BCUT2D eigenvalue weighted by Crippen LogP contribution is 2.48. The fourth-order valence-corrected chi connectivity index (χ4v) is 4.34. The topological polar surface area (TPSA) is 136 Å². The number of ether oxygens (including phenoxy) is 1. The standard InChI is InChI=1S/C25H22F2N8O3/c1-13-3-4-14(22-31-24(38-34-22)16-8-25(26,27)9-16)7-17(13)29-23(36)18-10-28-20-6-5-15(11-35(18)20)21-30-19(12-37-2)32-33-21/h3-7,10-11,16H,8-9,12H2,1-2H3,(H,29,36)(H,30,32,33). The number of carbonyl (C=O) groups excluding carboxylic acids is 1. The van der Waals surface area contributed by atoms with Crippen LogP contribution in [0, 0.1) is 6.92 Å². The minimum Gasteiger partial charge on any atom is -0.377 e. The summed E-state index contributed by atoms with van der Waals surface area (Å²) in [5.41, 5.74) is 3.52. The Bertz CT molecular complexity index is 1650. The number of rotatable bonds is 7. The van der Waals surface area contributed by atoms with Crippen molar-refractivity contribution >= 4 is 17.2 Å². The van der Waals surface area contributed by atoms with E-state index in [0.717, 1.165) is 5.56 Å². The van der Waals surface area contributed by atoms with Gasteiger partial charge in [-0.05, 0) is 30.7 Å². The number of hydrogen-bond acceptors (Lipinski definition) is 8. The zero-order valence-corrected chi connectivity index (χ0v) is 20.4. The molecular weight excluding hydrogens is 498 g/mol. The molecule has 6 rings (SSSR count). The Hall–Kier alpha value is -4.52. The Morgan fingerprint density at radius 2 is 2.03 bits per heavy atom. The van der Waals surface area contributed by atoms with Gasteiger partial charge in [-0.15, -0.1) is 0 Å². The molecule has 5 aromatic rings. The lowest BCUT2D eigenvalue weighted by Crippen LogP contribution is -2.33. The summed E-state index contributed by atoms with van der Waals surface area (Å²) in [6.45, 7) is 2.15. The third-order valence-electron chi connectivity index (χ3n) is 6.43. The summed E-state index contributed by atoms with van der Waals surface area (Å²) in [6.07, 6.45) is 2.64. The molecule has 1 fully saturated rings. The number of amides is 1. The molecule has 0 atom stereocenters. The van der Waals surface area contributed by atoms with E-state index in [4.69, 9.17) is 9.26 Å². The Morgan fingerprint density at radius 3 is 2.82 bits per heavy atom. The molecule has 1 aromatic carbocycles. The number of aryl methyl sites for hydroxylation is 1. The van der Waals surface area contributed by atoms with Crippen LogP contribution in [0.25, 0.3) is 28.4 Å². The Balaban J connectivity index is 1.24. The molecule has 38 heavy (non-hydrogen) atoms. The van der Waals surface area contributed by atoms with Crippen molar-refractivity contribution in [2.75, 3.05) is 12.4 Å². The van der Waals surface area contributed by atoms with E-state index in [-0.39, 0.29) is 30.5 Å². The van der Waals surface area contributed by atoms with Crippen molar-refractivity contribution in [2.24, 2.45) is 0 Å². The number of benzene rings is 1. The predicted octanol–water partition coefficient (Wildman–Crippen LogP) is 4.39. The molecule has 2 N–H and O–H groups in total. The summed E-state index contributed by atoms with van der Waals surface area (Å²) in [6, 6.07) is 8.91. The van der Waals surface area contributed by atoms with Crippen LogP contribution in [0.1, 0.15) is 46.5 Å². The van der Waals surface area contributed by atoms with Crippen molar-refractivity contribution in [3.63, 3.8) is 0 Å². The van der Waals surface area contributed by atoms with Gasteiger partial charge in [0.05, 0.1) is 6.20 Å². The number of H-pyrrole nitrogens is 1. The number of nitrogens with zero attached hydrogens (tertiary/aromatic N) is 6. The number of carbonyl (C=O) groups is 1. The maximum atomic E-state index is 13.3. The number of pyridine rings is 1. The molecular formula is C25H22F2N8O3. The molecule has 11 nitrogen and oxygen atoms in total. The molecule has 0 bridgehead atoms. The number of imidazole rings is 1. The van der Waals surface area contributed by atoms with Crippen LogP contribution in [0.3, 0.4) is 0 Å². The van der Waals surface area contributed by atoms with E-state index in [1.54, 1.807) is 35.9 Å². The Labute approximate surface area is 214 Å². The van der Waals surface area contributed by atoms with Crippen LogP contribution in [0.4, 0.5) is 14.5 Å². The number of anilines is 1. The van der Waals surface area contributed by atoms with Gasteiger partial charge in [-0.2, -0.15) is 10.1 Å². The second-order valence-electron chi connectivity index (χ2n) is 9.23. The first kappa shape index (κ1) is 23.9. The lowest BCUT2D eigenvalue weighted by atomic mass is 9.81. The summed E-state index contributed by atoms with van der Waals surface area (Å²) in [7, 11) is 1.57. The van der Waals surface area contributed by atoms with Gasteiger partial charge < -0.3 is 14.6 Å². The third-order valence-corrected chi connectivity index (χ3v) is 6.43. The van der Waals surface area contributed by atoms with Gasteiger partial charge >= 0.3 is 0 Å². The van der Waals surface area contributed by atoms with E-state index < -0.39 is 11.8 Å². The molecule has 0 aliphatic heterocycles. The van der Waals surface area contributed by atoms with Gasteiger partial charge in [-0.1, -0.05) is 17.3 Å². The Kier molecular flexibility index (Phi) is 5.71. The molecule has 4 heterocycles. The van der Waals surface area contributed by atoms with Crippen LogP contribution in [0.2, 0.25) is 0 Å². The van der Waals surface area contributed by atoms with E-state index in [2.05, 4.69) is 35.6 Å². The number of halogens is 2. The maximum absolute atomic E-state index is 13.3. The quantitative estimate of drug-likeness (QED) is 0.323. The molecule has 0 radical (unpaired) electrons. The van der Waals surface area contributed by atoms with Crippen molar-refractivity contribution < 1.29 is 22.8 Å². The van der Waals surface area contributed by atoms with Crippen molar-refractivity contribution in [3.8, 4) is 22.8 Å². The fraction of sp³-hybridized carbons (Fsp3) is 0.280. The second kappa shape index (κ2) is 9.10. The van der Waals surface area contributed by atoms with Crippen LogP contribution in [0.15, 0.2) is 47.2 Å². The number of aromatic amines is 1. The van der Waals surface area contributed by atoms with Gasteiger partial charge in [0.15, 0.2) is 11.6 Å². The minimum absolute atomic E-state index is 0.194. The molecule has 0 saturated heterocycles. The summed E-state index contributed by atoms with van der Waals surface area (Å²) in [4.78, 5) is 26.3. The summed E-state index contributed by atoms with van der Waals surface area (Å²) in [5.74, 6) is -1.99. The Morgan fingerprint density at radius 1 is 1.21 bits per heavy atom. The van der Waals surface area contributed by atoms with Crippen molar-refractivity contribution in [1.29, 1.82) is 0 Å². The summed E-state index contributed by atoms with van der Waals surface area (Å²) >= 11 is 0. The van der Waals surface area contributed by atoms with Gasteiger partial charge in [-0.25, -0.2) is 18.7 Å². The van der Waals surface area contributed by atoms with Gasteiger partial charge in [0, 0.05) is 48.9 Å². The number of alkyl halides is 2. The van der Waals surface area contributed by atoms with Crippen molar-refractivity contribution in [2.45, 2.75) is 38.2 Å². The molecule has 1 aliphatic carbocycles. The zero-order chi connectivity index (χ0) is 26.4. The highest BCUT2D eigenvalue weighted by atomic mass is 19.3. The average molecular weight is 521 g/mol. The second-order valence-corrected chi connectivity index (χ2v) is 9.23.